The molecule has 0 spiro atoms. The van der Waals surface area contributed by atoms with E-state index in [1.165, 1.54) is 12.1 Å². The molecule has 1 saturated carbocycles. The highest BCUT2D eigenvalue weighted by Crippen LogP contribution is 2.24. The van der Waals surface area contributed by atoms with Crippen molar-refractivity contribution in [2.24, 2.45) is 5.92 Å². The average molecular weight is 371 g/mol. The average Bonchev–Trinajstić information content (AvgIpc) is 2.56. The maximum absolute atomic E-state index is 12.2. The van der Waals surface area contributed by atoms with Gasteiger partial charge in [0, 0.05) is 17.3 Å². The number of halogens is 3. The summed E-state index contributed by atoms with van der Waals surface area (Å²) in [6.45, 7) is 2.44. The molecule has 3 amide bonds. The summed E-state index contributed by atoms with van der Waals surface area (Å²) in [7, 11) is 0. The fourth-order valence-electron chi connectivity index (χ4n) is 3.04. The number of alkyl halides is 3. The van der Waals surface area contributed by atoms with Crippen LogP contribution in [0.3, 0.4) is 0 Å². The van der Waals surface area contributed by atoms with Gasteiger partial charge in [-0.15, -0.1) is 0 Å². The van der Waals surface area contributed by atoms with Gasteiger partial charge in [-0.1, -0.05) is 25.8 Å². The van der Waals surface area contributed by atoms with E-state index in [0.29, 0.717) is 17.2 Å². The number of hydrogen-bond acceptors (Lipinski definition) is 2. The number of rotatable bonds is 4. The summed E-state index contributed by atoms with van der Waals surface area (Å²) in [5.41, 5.74) is 1.16. The number of hydrogen-bond donors (Lipinski definition) is 3. The Labute approximate surface area is 150 Å². The molecule has 0 bridgehead atoms. The smallest absolute Gasteiger partial charge is 0.343 e. The van der Waals surface area contributed by atoms with Crippen LogP contribution < -0.4 is 16.0 Å². The minimum absolute atomic E-state index is 0.0567. The van der Waals surface area contributed by atoms with E-state index in [2.05, 4.69) is 17.6 Å². The SMILES string of the molecule is Cc1ccc(C(=O)NCC(F)(F)F)cc1NC(=O)NC1CCCCC1C. The van der Waals surface area contributed by atoms with Crippen molar-refractivity contribution in [3.8, 4) is 0 Å². The summed E-state index contributed by atoms with van der Waals surface area (Å²) >= 11 is 0. The summed E-state index contributed by atoms with van der Waals surface area (Å²) < 4.78 is 36.7. The fraction of sp³-hybridized carbons (Fsp3) is 0.556. The lowest BCUT2D eigenvalue weighted by molar-refractivity contribution is -0.123. The maximum Gasteiger partial charge on any atom is 0.405 e. The highest BCUT2D eigenvalue weighted by atomic mass is 19.4. The molecule has 1 aliphatic carbocycles. The van der Waals surface area contributed by atoms with E-state index in [4.69, 9.17) is 0 Å². The van der Waals surface area contributed by atoms with Gasteiger partial charge in [0.1, 0.15) is 6.54 Å². The molecule has 0 saturated heterocycles. The summed E-state index contributed by atoms with van der Waals surface area (Å²) in [5, 5.41) is 7.45. The summed E-state index contributed by atoms with van der Waals surface area (Å²) in [6, 6.07) is 4.11. The van der Waals surface area contributed by atoms with Crippen molar-refractivity contribution in [1.29, 1.82) is 0 Å². The number of amides is 3. The van der Waals surface area contributed by atoms with Crippen LogP contribution in [0, 0.1) is 12.8 Å². The molecule has 5 nitrogen and oxygen atoms in total. The van der Waals surface area contributed by atoms with Gasteiger partial charge in [-0.05, 0) is 43.4 Å². The highest BCUT2D eigenvalue weighted by molar-refractivity contribution is 5.97. The zero-order chi connectivity index (χ0) is 19.3. The molecular weight excluding hydrogens is 347 g/mol. The Bertz CT molecular complexity index is 662. The second-order valence-corrected chi connectivity index (χ2v) is 6.79. The van der Waals surface area contributed by atoms with E-state index in [1.54, 1.807) is 13.0 Å². The normalized spacial score (nSPS) is 20.3. The van der Waals surface area contributed by atoms with Gasteiger partial charge in [0.2, 0.25) is 0 Å². The van der Waals surface area contributed by atoms with Crippen LogP contribution in [-0.2, 0) is 0 Å². The van der Waals surface area contributed by atoms with Gasteiger partial charge >= 0.3 is 12.2 Å². The van der Waals surface area contributed by atoms with Crippen molar-refractivity contribution < 1.29 is 22.8 Å². The number of aryl methyl sites for hydroxylation is 1. The second-order valence-electron chi connectivity index (χ2n) is 6.79. The Kier molecular flexibility index (Phi) is 6.50. The molecule has 8 heteroatoms. The predicted octanol–water partition coefficient (Wildman–Crippen LogP) is 3.99. The quantitative estimate of drug-likeness (QED) is 0.749. The number of carbonyl (C=O) groups is 2. The first kappa shape index (κ1) is 20.1. The lowest BCUT2D eigenvalue weighted by Gasteiger charge is -2.29. The van der Waals surface area contributed by atoms with Crippen LogP contribution in [0.25, 0.3) is 0 Å². The summed E-state index contributed by atoms with van der Waals surface area (Å²) in [4.78, 5) is 24.1. The van der Waals surface area contributed by atoms with Crippen molar-refractivity contribution in [2.45, 2.75) is 51.7 Å². The third-order valence-electron chi connectivity index (χ3n) is 4.63. The topological polar surface area (TPSA) is 70.2 Å². The third-order valence-corrected chi connectivity index (χ3v) is 4.63. The molecule has 2 atom stereocenters. The van der Waals surface area contributed by atoms with Crippen LogP contribution in [0.15, 0.2) is 18.2 Å². The van der Waals surface area contributed by atoms with Gasteiger partial charge in [0.15, 0.2) is 0 Å². The Morgan fingerprint density at radius 1 is 1.19 bits per heavy atom. The van der Waals surface area contributed by atoms with E-state index < -0.39 is 18.6 Å². The number of urea groups is 1. The molecule has 1 aliphatic rings. The lowest BCUT2D eigenvalue weighted by atomic mass is 9.86. The van der Waals surface area contributed by atoms with Crippen molar-refractivity contribution >= 4 is 17.6 Å². The molecule has 144 valence electrons. The maximum atomic E-state index is 12.2. The van der Waals surface area contributed by atoms with Crippen LogP contribution in [0.5, 0.6) is 0 Å². The zero-order valence-corrected chi connectivity index (χ0v) is 14.9. The van der Waals surface area contributed by atoms with Crippen LogP contribution in [0.4, 0.5) is 23.7 Å². The second kappa shape index (κ2) is 8.42. The van der Waals surface area contributed by atoms with Gasteiger partial charge in [0.25, 0.3) is 5.91 Å². The number of anilines is 1. The van der Waals surface area contributed by atoms with Crippen molar-refractivity contribution in [3.63, 3.8) is 0 Å². The van der Waals surface area contributed by atoms with Crippen LogP contribution in [-0.4, -0.2) is 30.7 Å². The Morgan fingerprint density at radius 3 is 2.54 bits per heavy atom. The van der Waals surface area contributed by atoms with Crippen molar-refractivity contribution in [3.05, 3.63) is 29.3 Å². The molecule has 3 N–H and O–H groups in total. The first-order valence-electron chi connectivity index (χ1n) is 8.69. The van der Waals surface area contributed by atoms with Crippen LogP contribution in [0.1, 0.15) is 48.5 Å². The summed E-state index contributed by atoms with van der Waals surface area (Å²) in [5.74, 6) is -0.443. The number of carbonyl (C=O) groups excluding carboxylic acids is 2. The zero-order valence-electron chi connectivity index (χ0n) is 14.9. The molecule has 2 unspecified atom stereocenters. The van der Waals surface area contributed by atoms with Crippen LogP contribution in [0.2, 0.25) is 0 Å². The molecule has 1 aromatic carbocycles. The Hall–Kier alpha value is -2.25. The molecule has 26 heavy (non-hydrogen) atoms. The lowest BCUT2D eigenvalue weighted by Crippen LogP contribution is -2.43. The highest BCUT2D eigenvalue weighted by Gasteiger charge is 2.28. The minimum Gasteiger partial charge on any atom is -0.343 e. The fourth-order valence-corrected chi connectivity index (χ4v) is 3.04. The minimum atomic E-state index is -4.47. The van der Waals surface area contributed by atoms with E-state index in [-0.39, 0.29) is 17.6 Å². The van der Waals surface area contributed by atoms with E-state index in [1.807, 2.05) is 5.32 Å². The van der Waals surface area contributed by atoms with Gasteiger partial charge in [-0.25, -0.2) is 4.79 Å². The van der Waals surface area contributed by atoms with Crippen LogP contribution >= 0.6 is 0 Å². The molecule has 0 aliphatic heterocycles. The largest absolute Gasteiger partial charge is 0.405 e. The number of benzene rings is 1. The molecule has 0 radical (unpaired) electrons. The Balaban J connectivity index is 2.00. The first-order chi connectivity index (χ1) is 12.2. The molecule has 1 fully saturated rings. The van der Waals surface area contributed by atoms with Crippen molar-refractivity contribution in [2.75, 3.05) is 11.9 Å². The summed E-state index contributed by atoms with van der Waals surface area (Å²) in [6.07, 6.45) is -0.247. The van der Waals surface area contributed by atoms with E-state index in [9.17, 15) is 22.8 Å². The van der Waals surface area contributed by atoms with Gasteiger partial charge in [-0.2, -0.15) is 13.2 Å². The van der Waals surface area contributed by atoms with Gasteiger partial charge < -0.3 is 16.0 Å². The van der Waals surface area contributed by atoms with Gasteiger partial charge in [-0.3, -0.25) is 4.79 Å². The van der Waals surface area contributed by atoms with E-state index in [0.717, 1.165) is 25.7 Å². The van der Waals surface area contributed by atoms with E-state index >= 15 is 0 Å². The van der Waals surface area contributed by atoms with Crippen molar-refractivity contribution in [1.82, 2.24) is 10.6 Å². The molecule has 2 rings (SSSR count). The van der Waals surface area contributed by atoms with Gasteiger partial charge in [0.05, 0.1) is 0 Å². The third kappa shape index (κ3) is 5.93. The Morgan fingerprint density at radius 2 is 1.88 bits per heavy atom. The molecule has 0 aromatic heterocycles. The predicted molar refractivity (Wildman–Crippen MR) is 93.1 cm³/mol. The molecule has 0 heterocycles. The standard InChI is InChI=1S/C18H24F3N3O2/c1-11-5-3-4-6-14(11)23-17(26)24-15-9-13(8-7-12(15)2)16(25)22-10-18(19,20)21/h7-9,11,14H,3-6,10H2,1-2H3,(H,22,25)(H2,23,24,26). The molecular formula is C18H24F3N3O2. The number of nitrogens with one attached hydrogen (secondary N) is 3. The first-order valence-corrected chi connectivity index (χ1v) is 8.69. The monoisotopic (exact) mass is 371 g/mol. The molecule has 1 aromatic rings.